The van der Waals surface area contributed by atoms with Gasteiger partial charge in [-0.25, -0.2) is 0 Å². The van der Waals surface area contributed by atoms with Crippen LogP contribution in [0, 0.1) is 0 Å². The Bertz CT molecular complexity index is 33.9. The van der Waals surface area contributed by atoms with E-state index in [1.54, 1.807) is 0 Å². The molecule has 1 unspecified atom stereocenters. The molecule has 1 atom stereocenters. The zero-order valence-corrected chi connectivity index (χ0v) is 6.83. The first-order valence-corrected chi connectivity index (χ1v) is 3.61. The van der Waals surface area contributed by atoms with Crippen LogP contribution in [-0.2, 0) is 0 Å². The van der Waals surface area contributed by atoms with Gasteiger partial charge in [0.05, 0.1) is 0 Å². The highest BCUT2D eigenvalue weighted by molar-refractivity contribution is 9.10. The fourth-order valence-electron chi connectivity index (χ4n) is 0. The molecule has 0 aliphatic rings. The normalized spacial score (nSPS) is 14.6. The number of rotatable bonds is 1. The number of allylic oxidation sites excluding steroid dienone is 1. The number of alkyl halides is 1. The largest absolute Gasteiger partial charge is 0.102 e. The summed E-state index contributed by atoms with van der Waals surface area (Å²) in [5.74, 6) is 0. The van der Waals surface area contributed by atoms with Crippen molar-refractivity contribution in [2.75, 3.05) is 0 Å². The second-order valence-corrected chi connectivity index (χ2v) is 5.29. The Balaban J connectivity index is 2.83. The van der Waals surface area contributed by atoms with Crippen LogP contribution in [0.25, 0.3) is 0 Å². The van der Waals surface area contributed by atoms with E-state index >= 15 is 0 Å². The van der Waals surface area contributed by atoms with Gasteiger partial charge in [0.25, 0.3) is 0 Å². The van der Waals surface area contributed by atoms with E-state index in [4.69, 9.17) is 0 Å². The average molecular weight is 151 g/mol. The highest BCUT2D eigenvalue weighted by Gasteiger charge is 1.77. The molecule has 0 aromatic carbocycles. The van der Waals surface area contributed by atoms with Crippen molar-refractivity contribution < 1.29 is 0 Å². The fraction of sp³-hybridized carbons (Fsp3) is 0.333. The molecule has 0 aromatic heterocycles. The van der Waals surface area contributed by atoms with Gasteiger partial charge < -0.3 is 0 Å². The molecule has 2 heteroatoms. The quantitative estimate of drug-likeness (QED) is 0.286. The average Bonchev–Trinajstić information content (AvgIpc) is 1.38. The van der Waals surface area contributed by atoms with E-state index < -0.39 is 0 Å². The van der Waals surface area contributed by atoms with Crippen molar-refractivity contribution in [2.45, 2.75) is 4.45 Å². The molecule has 5 heavy (non-hydrogen) atoms. The van der Waals surface area contributed by atoms with E-state index in [0.717, 1.165) is 0 Å². The van der Waals surface area contributed by atoms with Gasteiger partial charge in [0, 0.05) is 14.7 Å². The minimum absolute atomic E-state index is 0.600. The molecule has 0 heterocycles. The Morgan fingerprint density at radius 1 is 2.00 bits per heavy atom. The summed E-state index contributed by atoms with van der Waals surface area (Å²) in [6.45, 7) is 3.55. The summed E-state index contributed by atoms with van der Waals surface area (Å²) in [6, 6.07) is 0. The van der Waals surface area contributed by atoms with Crippen LogP contribution in [0.5, 0.6) is 0 Å². The van der Waals surface area contributed by atoms with Crippen LogP contribution in [0.3, 0.4) is 0 Å². The molecule has 0 spiro atoms. The van der Waals surface area contributed by atoms with E-state index in [1.165, 1.54) is 10.2 Å². The number of halogens is 1. The molecule has 0 amide bonds. The molecule has 0 saturated heterocycles. The third-order valence-corrected chi connectivity index (χ3v) is 1.17. The van der Waals surface area contributed by atoms with Crippen LogP contribution in [0.1, 0.15) is 0 Å². The maximum absolute atomic E-state index is 3.55. The number of hydrogen-bond acceptors (Lipinski definition) is 0. The van der Waals surface area contributed by atoms with E-state index in [1.807, 2.05) is 6.08 Å². The van der Waals surface area contributed by atoms with Gasteiger partial charge in [0.15, 0.2) is 0 Å². The van der Waals surface area contributed by atoms with E-state index in [2.05, 4.69) is 22.5 Å². The van der Waals surface area contributed by atoms with Crippen LogP contribution in [0.2, 0.25) is 0 Å². The molecule has 0 radical (unpaired) electrons. The fourth-order valence-corrected chi connectivity index (χ4v) is 0. The zero-order chi connectivity index (χ0) is 4.28. The number of hydrogen-bond donors (Lipinski definition) is 0. The Hall–Kier alpha value is 0.437. The maximum Gasteiger partial charge on any atom is 0.0249 e. The highest BCUT2D eigenvalue weighted by Crippen LogP contribution is 1.89. The minimum Gasteiger partial charge on any atom is -0.102 e. The lowest BCUT2D eigenvalue weighted by atomic mass is 10.8. The Morgan fingerprint density at radius 2 is 2.20 bits per heavy atom. The van der Waals surface area contributed by atoms with Gasteiger partial charge in [0.2, 0.25) is 0 Å². The summed E-state index contributed by atoms with van der Waals surface area (Å²) >= 11 is 3.32. The van der Waals surface area contributed by atoms with Gasteiger partial charge >= 0.3 is 0 Å². The predicted molar refractivity (Wildman–Crippen MR) is 32.9 cm³/mol. The molecule has 0 fully saturated rings. The zero-order valence-electron chi connectivity index (χ0n) is 3.24. The second kappa shape index (κ2) is 2.66. The Kier molecular flexibility index (Phi) is 2.89. The predicted octanol–water partition coefficient (Wildman–Crippen LogP) is 0.259. The molecule has 30 valence electrons. The van der Waals surface area contributed by atoms with Crippen molar-refractivity contribution in [1.29, 1.82) is 0 Å². The van der Waals surface area contributed by atoms with E-state index in [-0.39, 0.29) is 0 Å². The van der Waals surface area contributed by atoms with Crippen molar-refractivity contribution in [2.24, 2.45) is 0 Å². The van der Waals surface area contributed by atoms with Crippen molar-refractivity contribution in [1.82, 2.24) is 0 Å². The van der Waals surface area contributed by atoms with Crippen molar-refractivity contribution in [3.05, 3.63) is 12.7 Å². The lowest BCUT2D eigenvalue weighted by Crippen LogP contribution is -1.84. The monoisotopic (exact) mass is 150 g/mol. The van der Waals surface area contributed by atoms with Crippen molar-refractivity contribution >= 4 is 26.2 Å². The first kappa shape index (κ1) is 5.44. The lowest BCUT2D eigenvalue weighted by Gasteiger charge is -1.81. The topological polar surface area (TPSA) is 0 Å². The van der Waals surface area contributed by atoms with Crippen LogP contribution >= 0.6 is 15.9 Å². The van der Waals surface area contributed by atoms with Crippen LogP contribution in [0.4, 0.5) is 0 Å². The second-order valence-electron chi connectivity index (χ2n) is 0.913. The van der Waals surface area contributed by atoms with Gasteiger partial charge in [-0.1, -0.05) is 22.0 Å². The SMILES string of the molecule is C=CC([SiH3])Br. The highest BCUT2D eigenvalue weighted by atomic mass is 79.9. The van der Waals surface area contributed by atoms with Gasteiger partial charge in [-0.05, 0) is 0 Å². The smallest absolute Gasteiger partial charge is 0.0249 e. The first-order valence-electron chi connectivity index (χ1n) is 1.54. The molecule has 0 saturated carbocycles. The summed E-state index contributed by atoms with van der Waals surface area (Å²) in [7, 11) is 1.17. The van der Waals surface area contributed by atoms with Crippen LogP contribution in [0.15, 0.2) is 12.7 Å². The molecular formula is C3H7BrSi. The molecule has 0 aliphatic carbocycles. The minimum atomic E-state index is 0.600. The lowest BCUT2D eigenvalue weighted by molar-refractivity contribution is 1.70. The molecule has 0 aromatic rings. The summed E-state index contributed by atoms with van der Waals surface area (Å²) in [5, 5.41) is 0. The van der Waals surface area contributed by atoms with Crippen LogP contribution < -0.4 is 0 Å². The van der Waals surface area contributed by atoms with Gasteiger partial charge in [-0.2, -0.15) is 0 Å². The van der Waals surface area contributed by atoms with Crippen molar-refractivity contribution in [3.63, 3.8) is 0 Å². The van der Waals surface area contributed by atoms with E-state index in [0.29, 0.717) is 4.45 Å². The summed E-state index contributed by atoms with van der Waals surface area (Å²) in [4.78, 5) is 0. The summed E-state index contributed by atoms with van der Waals surface area (Å²) < 4.78 is 0.600. The Morgan fingerprint density at radius 3 is 2.20 bits per heavy atom. The molecule has 0 nitrogen and oxygen atoms in total. The molecule has 0 aliphatic heterocycles. The van der Waals surface area contributed by atoms with Gasteiger partial charge in [-0.3, -0.25) is 0 Å². The van der Waals surface area contributed by atoms with Crippen molar-refractivity contribution in [3.8, 4) is 0 Å². The Labute approximate surface area is 43.8 Å². The standard InChI is InChI=1S/C3H7BrSi/c1-2-3(4)5/h2-3H,1H2,5H3. The molecular weight excluding hydrogens is 144 g/mol. The summed E-state index contributed by atoms with van der Waals surface area (Å²) in [5.41, 5.74) is 0. The molecule has 0 rings (SSSR count). The maximum atomic E-state index is 3.55. The third kappa shape index (κ3) is 4.44. The summed E-state index contributed by atoms with van der Waals surface area (Å²) in [6.07, 6.45) is 1.90. The van der Waals surface area contributed by atoms with Crippen LogP contribution in [-0.4, -0.2) is 14.7 Å². The van der Waals surface area contributed by atoms with Gasteiger partial charge in [-0.15, -0.1) is 6.58 Å². The third-order valence-electron chi connectivity index (χ3n) is 0.325. The molecule has 0 N–H and O–H groups in total. The van der Waals surface area contributed by atoms with Gasteiger partial charge in [0.1, 0.15) is 0 Å². The molecule has 0 bridgehead atoms. The first-order chi connectivity index (χ1) is 2.27. The van der Waals surface area contributed by atoms with E-state index in [9.17, 15) is 0 Å².